The monoisotopic (exact) mass is 532 g/mol. The van der Waals surface area contributed by atoms with Gasteiger partial charge in [-0.3, -0.25) is 0 Å². The summed E-state index contributed by atoms with van der Waals surface area (Å²) in [6.45, 7) is 3.72. The number of nitrogens with two attached hydrogens (primary N) is 1. The molecule has 6 N–H and O–H groups in total. The van der Waals surface area contributed by atoms with Gasteiger partial charge in [-0.05, 0) is 77.3 Å². The van der Waals surface area contributed by atoms with Gasteiger partial charge in [-0.25, -0.2) is 4.57 Å². The first kappa shape index (κ1) is 25.7. The Bertz CT molecular complexity index is 1270. The number of nitrogen functional groups attached to an aromatic ring is 1. The molecule has 0 saturated heterocycles. The van der Waals surface area contributed by atoms with E-state index in [9.17, 15) is 0 Å². The number of halogens is 1. The Balaban J connectivity index is 0.000000696. The molecule has 0 amide bonds. The summed E-state index contributed by atoms with van der Waals surface area (Å²) < 4.78 is 15.3. The molecule has 0 spiro atoms. The van der Waals surface area contributed by atoms with Gasteiger partial charge in [-0.15, -0.1) is 0 Å². The number of nitriles is 2. The van der Waals surface area contributed by atoms with E-state index in [-0.39, 0.29) is 17.6 Å². The molecule has 33 heavy (non-hydrogen) atoms. The van der Waals surface area contributed by atoms with Crippen molar-refractivity contribution in [1.82, 2.24) is 9.97 Å². The lowest BCUT2D eigenvalue weighted by molar-refractivity contribution is 0.275. The zero-order valence-electron chi connectivity index (χ0n) is 17.3. The van der Waals surface area contributed by atoms with E-state index in [2.05, 4.69) is 43.4 Å². The molecule has 1 heterocycles. The number of hydrogen-bond acceptors (Lipinski definition) is 8. The summed E-state index contributed by atoms with van der Waals surface area (Å²) in [4.78, 5) is 30.2. The Morgan fingerprint density at radius 2 is 1.55 bits per heavy atom. The Kier molecular flexibility index (Phi) is 8.49. The number of hydrogen-bond donors (Lipinski definition) is 5. The Hall–Kier alpha value is -3.51. The van der Waals surface area contributed by atoms with Gasteiger partial charge in [0, 0.05) is 5.69 Å². The van der Waals surface area contributed by atoms with Crippen molar-refractivity contribution in [3.05, 3.63) is 63.1 Å². The number of benzene rings is 2. The van der Waals surface area contributed by atoms with Crippen LogP contribution in [0, 0.1) is 36.5 Å². The number of phosphoric acid groups is 1. The van der Waals surface area contributed by atoms with Gasteiger partial charge in [0.15, 0.2) is 0 Å². The number of nitrogens with zero attached hydrogens (tertiary/aromatic N) is 4. The van der Waals surface area contributed by atoms with E-state index in [1.165, 1.54) is 0 Å². The molecule has 0 atom stereocenters. The van der Waals surface area contributed by atoms with Crippen molar-refractivity contribution in [3.63, 3.8) is 0 Å². The molecule has 0 aliphatic rings. The van der Waals surface area contributed by atoms with Crippen molar-refractivity contribution in [3.8, 4) is 23.8 Å². The molecule has 0 aliphatic carbocycles. The highest BCUT2D eigenvalue weighted by Gasteiger charge is 2.16. The fourth-order valence-corrected chi connectivity index (χ4v) is 2.85. The number of rotatable bonds is 4. The maximum absolute atomic E-state index is 9.10. The van der Waals surface area contributed by atoms with Crippen LogP contribution < -0.4 is 15.8 Å². The van der Waals surface area contributed by atoms with E-state index in [1.54, 1.807) is 36.4 Å². The van der Waals surface area contributed by atoms with Crippen LogP contribution in [0.4, 0.5) is 17.5 Å². The first-order valence-electron chi connectivity index (χ1n) is 8.99. The minimum Gasteiger partial charge on any atom is -0.437 e. The lowest BCUT2D eigenvalue weighted by Gasteiger charge is -2.14. The fraction of sp³-hybridized carbons (Fsp3) is 0.100. The highest BCUT2D eigenvalue weighted by Crippen LogP contribution is 2.36. The minimum atomic E-state index is -4.64. The molecular formula is C20H18BrN6O5P. The molecule has 0 saturated carbocycles. The summed E-state index contributed by atoms with van der Waals surface area (Å²) in [5.74, 6) is 1.32. The minimum absolute atomic E-state index is 0.213. The molecule has 11 nitrogen and oxygen atoms in total. The average Bonchev–Trinajstić information content (AvgIpc) is 2.73. The highest BCUT2D eigenvalue weighted by molar-refractivity contribution is 9.10. The first-order valence-corrected chi connectivity index (χ1v) is 11.3. The lowest BCUT2D eigenvalue weighted by Crippen LogP contribution is -2.04. The smallest absolute Gasteiger partial charge is 0.437 e. The third kappa shape index (κ3) is 7.84. The summed E-state index contributed by atoms with van der Waals surface area (Å²) in [5.41, 5.74) is 9.43. The molecule has 0 bridgehead atoms. The largest absolute Gasteiger partial charge is 0.466 e. The van der Waals surface area contributed by atoms with Crippen LogP contribution >= 0.6 is 23.8 Å². The van der Waals surface area contributed by atoms with Crippen LogP contribution in [0.2, 0.25) is 0 Å². The number of ether oxygens (including phenoxy) is 1. The third-order valence-corrected chi connectivity index (χ3v) is 4.65. The third-order valence-electron chi connectivity index (χ3n) is 3.90. The molecule has 0 radical (unpaired) electrons. The quantitative estimate of drug-likeness (QED) is 0.306. The molecule has 1 aromatic heterocycles. The molecule has 3 rings (SSSR count). The Labute approximate surface area is 197 Å². The Morgan fingerprint density at radius 1 is 1.03 bits per heavy atom. The van der Waals surface area contributed by atoms with Crippen LogP contribution in [0.5, 0.6) is 11.6 Å². The summed E-state index contributed by atoms with van der Waals surface area (Å²) >= 11 is 3.36. The predicted octanol–water partition coefficient (Wildman–Crippen LogP) is 3.79. The number of nitrogens with one attached hydrogen (secondary N) is 1. The number of aryl methyl sites for hydroxylation is 2. The topological polar surface area (TPSA) is 198 Å². The first-order chi connectivity index (χ1) is 15.4. The molecule has 0 fully saturated rings. The molecular weight excluding hydrogens is 515 g/mol. The second-order valence-corrected chi connectivity index (χ2v) is 8.35. The van der Waals surface area contributed by atoms with Crippen molar-refractivity contribution in [2.45, 2.75) is 13.8 Å². The van der Waals surface area contributed by atoms with Crippen LogP contribution in [-0.4, -0.2) is 24.6 Å². The van der Waals surface area contributed by atoms with Crippen molar-refractivity contribution in [2.24, 2.45) is 0 Å². The van der Waals surface area contributed by atoms with Gasteiger partial charge in [-0.2, -0.15) is 20.5 Å². The van der Waals surface area contributed by atoms with Gasteiger partial charge in [0.05, 0.1) is 23.3 Å². The summed E-state index contributed by atoms with van der Waals surface area (Å²) in [5, 5.41) is 21.0. The van der Waals surface area contributed by atoms with Gasteiger partial charge >= 0.3 is 7.82 Å². The van der Waals surface area contributed by atoms with E-state index >= 15 is 0 Å². The predicted molar refractivity (Wildman–Crippen MR) is 124 cm³/mol. The zero-order chi connectivity index (χ0) is 24.8. The van der Waals surface area contributed by atoms with E-state index in [4.69, 9.17) is 40.2 Å². The average molecular weight is 533 g/mol. The number of aromatic nitrogens is 2. The summed E-state index contributed by atoms with van der Waals surface area (Å²) in [6, 6.07) is 14.5. The van der Waals surface area contributed by atoms with Crippen LogP contribution in [0.1, 0.15) is 22.3 Å². The van der Waals surface area contributed by atoms with Crippen molar-refractivity contribution in [1.29, 1.82) is 10.5 Å². The van der Waals surface area contributed by atoms with Crippen molar-refractivity contribution < 1.29 is 24.0 Å². The second-order valence-electron chi connectivity index (χ2n) is 6.53. The standard InChI is InChI=1S/C20H15BrN6O.H3O4P/c1-11-7-14(10-23)8-12(2)17(11)28-19-16(21)18(24)26-20(27-19)25-15-5-3-13(9-22)4-6-15;1-5(2,3)4/h3-8H,1-2H3,(H3,24,25,26,27);(H3,1,2,3,4). The number of anilines is 3. The summed E-state index contributed by atoms with van der Waals surface area (Å²) in [6.07, 6.45) is 0. The van der Waals surface area contributed by atoms with Crippen LogP contribution in [0.3, 0.4) is 0 Å². The maximum Gasteiger partial charge on any atom is 0.466 e. The molecule has 170 valence electrons. The van der Waals surface area contributed by atoms with Crippen molar-refractivity contribution in [2.75, 3.05) is 11.1 Å². The van der Waals surface area contributed by atoms with E-state index in [1.807, 2.05) is 13.8 Å². The second kappa shape index (κ2) is 10.9. The van der Waals surface area contributed by atoms with E-state index in [0.717, 1.165) is 11.1 Å². The molecule has 2 aromatic carbocycles. The highest BCUT2D eigenvalue weighted by atomic mass is 79.9. The van der Waals surface area contributed by atoms with Gasteiger partial charge in [0.25, 0.3) is 0 Å². The SMILES string of the molecule is Cc1cc(C#N)cc(C)c1Oc1nc(Nc2ccc(C#N)cc2)nc(N)c1Br.O=P(O)(O)O. The lowest BCUT2D eigenvalue weighted by atomic mass is 10.1. The Morgan fingerprint density at radius 3 is 2.03 bits per heavy atom. The van der Waals surface area contributed by atoms with Gasteiger partial charge in [-0.1, -0.05) is 0 Å². The molecule has 0 unspecified atom stereocenters. The zero-order valence-corrected chi connectivity index (χ0v) is 19.8. The van der Waals surface area contributed by atoms with E-state index in [0.29, 0.717) is 27.0 Å². The van der Waals surface area contributed by atoms with Gasteiger partial charge in [0.1, 0.15) is 16.0 Å². The van der Waals surface area contributed by atoms with Gasteiger partial charge in [0.2, 0.25) is 11.8 Å². The molecule has 3 aromatic rings. The van der Waals surface area contributed by atoms with Crippen LogP contribution in [0.25, 0.3) is 0 Å². The van der Waals surface area contributed by atoms with E-state index < -0.39 is 7.82 Å². The van der Waals surface area contributed by atoms with Crippen molar-refractivity contribution >= 4 is 41.2 Å². The normalized spacial score (nSPS) is 10.3. The maximum atomic E-state index is 9.10. The van der Waals surface area contributed by atoms with Crippen LogP contribution in [-0.2, 0) is 4.57 Å². The molecule has 0 aliphatic heterocycles. The molecule has 13 heteroatoms. The van der Waals surface area contributed by atoms with Crippen LogP contribution in [0.15, 0.2) is 40.9 Å². The fourth-order valence-electron chi connectivity index (χ4n) is 2.60. The van der Waals surface area contributed by atoms with Gasteiger partial charge < -0.3 is 30.5 Å². The summed E-state index contributed by atoms with van der Waals surface area (Å²) in [7, 11) is -4.64.